The topological polar surface area (TPSA) is 43.8 Å². The van der Waals surface area contributed by atoms with Gasteiger partial charge in [-0.05, 0) is 28.7 Å². The lowest BCUT2D eigenvalue weighted by molar-refractivity contribution is -0.123. The van der Waals surface area contributed by atoms with Gasteiger partial charge in [-0.3, -0.25) is 9.69 Å². The van der Waals surface area contributed by atoms with Crippen molar-refractivity contribution in [2.45, 2.75) is 18.1 Å². The van der Waals surface area contributed by atoms with Gasteiger partial charge in [-0.2, -0.15) is 0 Å². The number of likely N-dealkylation sites (tertiary alicyclic amines) is 1. The molecule has 3 aromatic carbocycles. The predicted molar refractivity (Wildman–Crippen MR) is 128 cm³/mol. The minimum atomic E-state index is -0.616. The zero-order chi connectivity index (χ0) is 22.6. The molecule has 4 nitrogen and oxygen atoms in total. The summed E-state index contributed by atoms with van der Waals surface area (Å²) in [6, 6.07) is 31.5. The third-order valence-corrected chi connectivity index (χ3v) is 6.27. The minimum absolute atomic E-state index is 0.106. The number of aliphatic hydroxyl groups excluding tert-OH is 1. The van der Waals surface area contributed by atoms with Crippen molar-refractivity contribution in [2.75, 3.05) is 27.2 Å². The third kappa shape index (κ3) is 4.12. The molecular formula is C28H30N2O2. The van der Waals surface area contributed by atoms with E-state index in [0.29, 0.717) is 19.5 Å². The molecular weight excluding hydrogens is 396 g/mol. The Morgan fingerprint density at radius 3 is 1.72 bits per heavy atom. The highest BCUT2D eigenvalue weighted by Gasteiger charge is 2.44. The van der Waals surface area contributed by atoms with Crippen LogP contribution in [0, 0.1) is 0 Å². The molecule has 1 saturated heterocycles. The van der Waals surface area contributed by atoms with Crippen LogP contribution in [-0.4, -0.2) is 54.1 Å². The van der Waals surface area contributed by atoms with Gasteiger partial charge in [-0.15, -0.1) is 0 Å². The Labute approximate surface area is 190 Å². The Bertz CT molecular complexity index is 966. The van der Waals surface area contributed by atoms with Crippen molar-refractivity contribution in [3.63, 3.8) is 0 Å². The zero-order valence-electron chi connectivity index (χ0n) is 18.7. The maximum Gasteiger partial charge on any atom is 0.246 e. The number of nitrogens with zero attached hydrogens (tertiary/aromatic N) is 2. The number of amides is 1. The number of piperidine rings is 1. The number of benzene rings is 3. The van der Waals surface area contributed by atoms with Gasteiger partial charge in [-0.25, -0.2) is 0 Å². The molecule has 0 spiro atoms. The molecule has 0 saturated carbocycles. The summed E-state index contributed by atoms with van der Waals surface area (Å²) < 4.78 is 0. The van der Waals surface area contributed by atoms with Crippen molar-refractivity contribution in [3.8, 4) is 0 Å². The van der Waals surface area contributed by atoms with E-state index in [4.69, 9.17) is 0 Å². The first-order valence-electron chi connectivity index (χ1n) is 11.0. The van der Waals surface area contributed by atoms with E-state index in [1.165, 1.54) is 4.90 Å². The smallest absolute Gasteiger partial charge is 0.246 e. The second kappa shape index (κ2) is 9.51. The molecule has 0 radical (unpaired) electrons. The van der Waals surface area contributed by atoms with Crippen LogP contribution in [0.15, 0.2) is 103 Å². The molecule has 164 valence electrons. The monoisotopic (exact) mass is 426 g/mol. The van der Waals surface area contributed by atoms with E-state index in [0.717, 1.165) is 22.3 Å². The summed E-state index contributed by atoms with van der Waals surface area (Å²) >= 11 is 0. The molecule has 1 fully saturated rings. The average molecular weight is 427 g/mol. The van der Waals surface area contributed by atoms with E-state index in [1.54, 1.807) is 20.2 Å². The number of likely N-dealkylation sites (N-methyl/N-ethyl adjacent to an activating group) is 1. The molecule has 0 aliphatic carbocycles. The van der Waals surface area contributed by atoms with Crippen molar-refractivity contribution in [2.24, 2.45) is 0 Å². The Kier molecular flexibility index (Phi) is 6.54. The summed E-state index contributed by atoms with van der Waals surface area (Å²) in [4.78, 5) is 16.4. The quantitative estimate of drug-likeness (QED) is 0.494. The number of carbonyl (C=O) groups excluding carboxylic acids is 1. The Morgan fingerprint density at radius 1 is 0.875 bits per heavy atom. The largest absolute Gasteiger partial charge is 0.389 e. The molecule has 0 aromatic heterocycles. The summed E-state index contributed by atoms with van der Waals surface area (Å²) in [7, 11) is 3.46. The van der Waals surface area contributed by atoms with Gasteiger partial charge < -0.3 is 10.0 Å². The molecule has 1 unspecified atom stereocenters. The summed E-state index contributed by atoms with van der Waals surface area (Å²) in [5, 5.41) is 10.7. The number of aliphatic hydroxyl groups is 1. The molecule has 4 rings (SSSR count). The highest BCUT2D eigenvalue weighted by atomic mass is 16.3. The highest BCUT2D eigenvalue weighted by Crippen LogP contribution is 2.44. The van der Waals surface area contributed by atoms with E-state index >= 15 is 0 Å². The number of rotatable bonds is 5. The minimum Gasteiger partial charge on any atom is -0.389 e. The van der Waals surface area contributed by atoms with Crippen LogP contribution in [0.2, 0.25) is 0 Å². The summed E-state index contributed by atoms with van der Waals surface area (Å²) in [6.07, 6.45) is 1.55. The zero-order valence-corrected chi connectivity index (χ0v) is 18.7. The lowest BCUT2D eigenvalue weighted by atomic mass is 9.74. The van der Waals surface area contributed by atoms with Gasteiger partial charge in [-0.1, -0.05) is 91.0 Å². The van der Waals surface area contributed by atoms with E-state index < -0.39 is 11.6 Å². The third-order valence-electron chi connectivity index (χ3n) is 6.27. The number of hydrogen-bond donors (Lipinski definition) is 1. The van der Waals surface area contributed by atoms with Gasteiger partial charge in [0.15, 0.2) is 0 Å². The van der Waals surface area contributed by atoms with Crippen molar-refractivity contribution in [1.29, 1.82) is 0 Å². The summed E-state index contributed by atoms with van der Waals surface area (Å²) in [5.41, 5.74) is 3.68. The normalized spacial score (nSPS) is 18.5. The number of hydrogen-bond acceptors (Lipinski definition) is 3. The molecule has 1 heterocycles. The van der Waals surface area contributed by atoms with Crippen molar-refractivity contribution < 1.29 is 9.90 Å². The second-order valence-electron chi connectivity index (χ2n) is 8.49. The van der Waals surface area contributed by atoms with Crippen molar-refractivity contribution in [3.05, 3.63) is 119 Å². The van der Waals surface area contributed by atoms with Crippen LogP contribution in [0.1, 0.15) is 23.1 Å². The van der Waals surface area contributed by atoms with Crippen molar-refractivity contribution >= 4 is 5.91 Å². The van der Waals surface area contributed by atoms with E-state index in [-0.39, 0.29) is 5.91 Å². The fraction of sp³-hybridized carbons (Fsp3) is 0.250. The predicted octanol–water partition coefficient (Wildman–Crippen LogP) is 4.06. The SMILES string of the molecule is CN(C)C(=O)/C=C1\CN(C(c2ccccc2)(c2ccccc2)c2ccccc2)CCC1O. The lowest BCUT2D eigenvalue weighted by Gasteiger charge is -2.48. The standard InChI is InChI=1S/C28H30N2O2/c1-29(2)27(32)20-22-21-30(19-18-26(22)31)28(23-12-6-3-7-13-23,24-14-8-4-9-15-24)25-16-10-5-11-17-25/h3-17,20,26,31H,18-19,21H2,1-2H3/b22-20+. The van der Waals surface area contributed by atoms with Gasteiger partial charge in [0.1, 0.15) is 0 Å². The summed E-state index contributed by atoms with van der Waals surface area (Å²) in [5.74, 6) is -0.106. The van der Waals surface area contributed by atoms with E-state index in [9.17, 15) is 9.90 Å². The molecule has 1 N–H and O–H groups in total. The molecule has 3 aromatic rings. The number of carbonyl (C=O) groups is 1. The fourth-order valence-electron chi connectivity index (χ4n) is 4.67. The van der Waals surface area contributed by atoms with Crippen LogP contribution in [-0.2, 0) is 10.3 Å². The molecule has 32 heavy (non-hydrogen) atoms. The van der Waals surface area contributed by atoms with Gasteiger partial charge >= 0.3 is 0 Å². The first-order valence-corrected chi connectivity index (χ1v) is 11.0. The van der Waals surface area contributed by atoms with Crippen LogP contribution in [0.25, 0.3) is 0 Å². The molecule has 1 amide bonds. The molecule has 4 heteroatoms. The molecule has 1 atom stereocenters. The van der Waals surface area contributed by atoms with E-state index in [1.807, 2.05) is 18.2 Å². The second-order valence-corrected chi connectivity index (χ2v) is 8.49. The fourth-order valence-corrected chi connectivity index (χ4v) is 4.67. The Hall–Kier alpha value is -3.21. The van der Waals surface area contributed by atoms with Crippen molar-refractivity contribution in [1.82, 2.24) is 9.80 Å². The van der Waals surface area contributed by atoms with Crippen LogP contribution < -0.4 is 0 Å². The first kappa shape index (κ1) is 22.0. The van der Waals surface area contributed by atoms with Crippen LogP contribution >= 0.6 is 0 Å². The Balaban J connectivity index is 1.93. The van der Waals surface area contributed by atoms with Crippen LogP contribution in [0.5, 0.6) is 0 Å². The highest BCUT2D eigenvalue weighted by molar-refractivity contribution is 5.88. The first-order chi connectivity index (χ1) is 15.5. The van der Waals surface area contributed by atoms with Gasteiger partial charge in [0.05, 0.1) is 11.6 Å². The van der Waals surface area contributed by atoms with Gasteiger partial charge in [0.2, 0.25) is 5.91 Å². The van der Waals surface area contributed by atoms with Gasteiger partial charge in [0, 0.05) is 33.3 Å². The van der Waals surface area contributed by atoms with Gasteiger partial charge in [0.25, 0.3) is 0 Å². The lowest BCUT2D eigenvalue weighted by Crippen LogP contribution is -2.53. The molecule has 1 aliphatic heterocycles. The van der Waals surface area contributed by atoms with Crippen LogP contribution in [0.4, 0.5) is 0 Å². The average Bonchev–Trinajstić information content (AvgIpc) is 2.83. The van der Waals surface area contributed by atoms with Crippen LogP contribution in [0.3, 0.4) is 0 Å². The molecule has 0 bridgehead atoms. The maximum atomic E-state index is 12.4. The molecule has 1 aliphatic rings. The summed E-state index contributed by atoms with van der Waals surface area (Å²) in [6.45, 7) is 1.20. The maximum absolute atomic E-state index is 12.4. The van der Waals surface area contributed by atoms with E-state index in [2.05, 4.69) is 77.7 Å². The Morgan fingerprint density at radius 2 is 1.31 bits per heavy atom.